The van der Waals surface area contributed by atoms with Gasteiger partial charge >= 0.3 is 0 Å². The molecule has 0 bridgehead atoms. The van der Waals surface area contributed by atoms with E-state index in [1.165, 1.54) is 17.3 Å². The zero-order valence-electron chi connectivity index (χ0n) is 12.4. The van der Waals surface area contributed by atoms with Crippen molar-refractivity contribution in [2.24, 2.45) is 0 Å². The summed E-state index contributed by atoms with van der Waals surface area (Å²) in [6.45, 7) is 2.52. The third kappa shape index (κ3) is 3.62. The van der Waals surface area contributed by atoms with Crippen LogP contribution >= 0.6 is 11.8 Å². The van der Waals surface area contributed by atoms with Crippen molar-refractivity contribution in [2.45, 2.75) is 18.1 Å². The number of fused-ring (bicyclic) bond motifs is 1. The van der Waals surface area contributed by atoms with E-state index < -0.39 is 0 Å². The molecule has 0 unspecified atom stereocenters. The second kappa shape index (κ2) is 7.15. The van der Waals surface area contributed by atoms with Crippen molar-refractivity contribution in [2.75, 3.05) is 37.4 Å². The molecule has 1 atom stereocenters. The van der Waals surface area contributed by atoms with Gasteiger partial charge in [-0.15, -0.1) is 11.8 Å². The smallest absolute Gasteiger partial charge is 0.237 e. The Kier molecular flexibility index (Phi) is 5.00. The van der Waals surface area contributed by atoms with Gasteiger partial charge in [0.1, 0.15) is 0 Å². The number of nitrogens with one attached hydrogen (secondary N) is 1. The first kappa shape index (κ1) is 15.4. The van der Waals surface area contributed by atoms with Gasteiger partial charge < -0.3 is 15.0 Å². The maximum atomic E-state index is 12.3. The Bertz CT molecular complexity index is 558. The minimum absolute atomic E-state index is 0.00438. The molecule has 1 fully saturated rings. The van der Waals surface area contributed by atoms with E-state index in [1.807, 2.05) is 29.2 Å². The van der Waals surface area contributed by atoms with Crippen LogP contribution in [-0.4, -0.2) is 54.0 Å². The van der Waals surface area contributed by atoms with Crippen molar-refractivity contribution in [3.8, 4) is 0 Å². The van der Waals surface area contributed by atoms with E-state index in [4.69, 9.17) is 4.74 Å². The van der Waals surface area contributed by atoms with Crippen LogP contribution in [-0.2, 0) is 20.7 Å². The molecule has 0 aliphatic carbocycles. The van der Waals surface area contributed by atoms with Crippen molar-refractivity contribution in [1.29, 1.82) is 0 Å². The fourth-order valence-electron chi connectivity index (χ4n) is 2.73. The summed E-state index contributed by atoms with van der Waals surface area (Å²) < 4.78 is 5.25. The van der Waals surface area contributed by atoms with Crippen LogP contribution in [0, 0.1) is 0 Å². The molecule has 2 aliphatic rings. The van der Waals surface area contributed by atoms with E-state index in [0.717, 1.165) is 18.5 Å². The average molecular weight is 320 g/mol. The lowest BCUT2D eigenvalue weighted by molar-refractivity contribution is -0.132. The molecule has 0 radical (unpaired) electrons. The summed E-state index contributed by atoms with van der Waals surface area (Å²) in [4.78, 5) is 26.3. The Morgan fingerprint density at radius 2 is 2.09 bits per heavy atom. The lowest BCUT2D eigenvalue weighted by atomic mass is 10.1. The number of anilines is 1. The monoisotopic (exact) mass is 320 g/mol. The standard InChI is InChI=1S/C16H20N2O3S/c19-15(18-7-9-21-10-8-18)11-22-14-6-5-12-3-1-2-4-13(12)17-16(14)20/h1-4,14H,5-11H2,(H,17,20)/t14-/m0/s1. The molecule has 6 heteroatoms. The summed E-state index contributed by atoms with van der Waals surface area (Å²) in [5, 5.41) is 2.80. The molecular formula is C16H20N2O3S. The van der Waals surface area contributed by atoms with Gasteiger partial charge in [-0.25, -0.2) is 0 Å². The van der Waals surface area contributed by atoms with Gasteiger partial charge in [0.25, 0.3) is 0 Å². The van der Waals surface area contributed by atoms with Gasteiger partial charge in [-0.05, 0) is 24.5 Å². The highest BCUT2D eigenvalue weighted by Crippen LogP contribution is 2.27. The van der Waals surface area contributed by atoms with Crippen LogP contribution in [0.3, 0.4) is 0 Å². The van der Waals surface area contributed by atoms with Crippen LogP contribution in [0.25, 0.3) is 0 Å². The summed E-state index contributed by atoms with van der Waals surface area (Å²) in [6.07, 6.45) is 1.63. The van der Waals surface area contributed by atoms with Crippen LogP contribution in [0.1, 0.15) is 12.0 Å². The number of aryl methyl sites for hydroxylation is 1. The normalized spacial score (nSPS) is 21.7. The van der Waals surface area contributed by atoms with E-state index in [-0.39, 0.29) is 17.1 Å². The average Bonchev–Trinajstić information content (AvgIpc) is 2.72. The summed E-state index contributed by atoms with van der Waals surface area (Å²) in [6, 6.07) is 7.88. The topological polar surface area (TPSA) is 58.6 Å². The molecule has 1 aromatic carbocycles. The molecule has 1 saturated heterocycles. The van der Waals surface area contributed by atoms with Gasteiger partial charge in [0.05, 0.1) is 24.2 Å². The maximum Gasteiger partial charge on any atom is 0.237 e. The number of morpholine rings is 1. The number of ether oxygens (including phenoxy) is 1. The van der Waals surface area contributed by atoms with Gasteiger partial charge in [-0.1, -0.05) is 18.2 Å². The highest BCUT2D eigenvalue weighted by Gasteiger charge is 2.26. The Labute approximate surface area is 134 Å². The highest BCUT2D eigenvalue weighted by molar-refractivity contribution is 8.01. The van der Waals surface area contributed by atoms with Gasteiger partial charge in [0.2, 0.25) is 11.8 Å². The van der Waals surface area contributed by atoms with Crippen molar-refractivity contribution < 1.29 is 14.3 Å². The van der Waals surface area contributed by atoms with Crippen LogP contribution in [0.5, 0.6) is 0 Å². The largest absolute Gasteiger partial charge is 0.378 e. The summed E-state index contributed by atoms with van der Waals surface area (Å²) in [7, 11) is 0. The van der Waals surface area contributed by atoms with E-state index in [2.05, 4.69) is 5.32 Å². The number of carbonyl (C=O) groups excluding carboxylic acids is 2. The fraction of sp³-hybridized carbons (Fsp3) is 0.500. The summed E-state index contributed by atoms with van der Waals surface area (Å²) >= 11 is 1.45. The fourth-order valence-corrected chi connectivity index (χ4v) is 3.75. The molecule has 0 spiro atoms. The summed E-state index contributed by atoms with van der Waals surface area (Å²) in [5.74, 6) is 0.460. The number of carbonyl (C=O) groups is 2. The number of para-hydroxylation sites is 1. The van der Waals surface area contributed by atoms with Crippen molar-refractivity contribution >= 4 is 29.3 Å². The zero-order chi connectivity index (χ0) is 15.4. The first-order valence-electron chi connectivity index (χ1n) is 7.60. The number of rotatable bonds is 3. The van der Waals surface area contributed by atoms with E-state index >= 15 is 0 Å². The molecule has 3 rings (SSSR count). The van der Waals surface area contributed by atoms with E-state index in [1.54, 1.807) is 0 Å². The van der Waals surface area contributed by atoms with Gasteiger partial charge in [-0.3, -0.25) is 9.59 Å². The molecule has 2 aliphatic heterocycles. The van der Waals surface area contributed by atoms with Crippen LogP contribution < -0.4 is 5.32 Å². The molecule has 5 nitrogen and oxygen atoms in total. The number of thioether (sulfide) groups is 1. The highest BCUT2D eigenvalue weighted by atomic mass is 32.2. The first-order chi connectivity index (χ1) is 10.7. The van der Waals surface area contributed by atoms with Gasteiger partial charge in [0, 0.05) is 18.8 Å². The maximum absolute atomic E-state index is 12.3. The molecule has 118 valence electrons. The lowest BCUT2D eigenvalue weighted by Gasteiger charge is -2.27. The van der Waals surface area contributed by atoms with Crippen molar-refractivity contribution in [3.05, 3.63) is 29.8 Å². The number of benzene rings is 1. The lowest BCUT2D eigenvalue weighted by Crippen LogP contribution is -2.42. The Morgan fingerprint density at radius 1 is 1.32 bits per heavy atom. The van der Waals surface area contributed by atoms with Crippen LogP contribution in [0.15, 0.2) is 24.3 Å². The molecule has 0 aromatic heterocycles. The molecule has 1 aromatic rings. The van der Waals surface area contributed by atoms with Crippen LogP contribution in [0.4, 0.5) is 5.69 Å². The number of hydrogen-bond acceptors (Lipinski definition) is 4. The number of nitrogens with zero attached hydrogens (tertiary/aromatic N) is 1. The number of hydrogen-bond donors (Lipinski definition) is 1. The van der Waals surface area contributed by atoms with Gasteiger partial charge in [-0.2, -0.15) is 0 Å². The molecule has 0 saturated carbocycles. The predicted octanol–water partition coefficient (Wildman–Crippen LogP) is 1.53. The predicted molar refractivity (Wildman–Crippen MR) is 87.0 cm³/mol. The minimum Gasteiger partial charge on any atom is -0.378 e. The molecular weight excluding hydrogens is 300 g/mol. The molecule has 2 amide bonds. The van der Waals surface area contributed by atoms with Crippen molar-refractivity contribution in [3.63, 3.8) is 0 Å². The Balaban J connectivity index is 1.55. The SMILES string of the molecule is O=C1Nc2ccccc2CC[C@@H]1SCC(=O)N1CCOCC1. The second-order valence-corrected chi connectivity index (χ2v) is 6.67. The minimum atomic E-state index is -0.169. The molecule has 1 N–H and O–H groups in total. The Morgan fingerprint density at radius 3 is 2.91 bits per heavy atom. The number of amides is 2. The van der Waals surface area contributed by atoms with E-state index in [0.29, 0.717) is 32.1 Å². The third-order valence-electron chi connectivity index (χ3n) is 4.02. The first-order valence-corrected chi connectivity index (χ1v) is 8.65. The third-order valence-corrected chi connectivity index (χ3v) is 5.28. The van der Waals surface area contributed by atoms with Gasteiger partial charge in [0.15, 0.2) is 0 Å². The molecule has 2 heterocycles. The summed E-state index contributed by atoms with van der Waals surface area (Å²) in [5.41, 5.74) is 2.06. The van der Waals surface area contributed by atoms with Crippen LogP contribution in [0.2, 0.25) is 0 Å². The Hall–Kier alpha value is -1.53. The van der Waals surface area contributed by atoms with Crippen molar-refractivity contribution in [1.82, 2.24) is 4.90 Å². The van der Waals surface area contributed by atoms with E-state index in [9.17, 15) is 9.59 Å². The molecule has 22 heavy (non-hydrogen) atoms. The second-order valence-electron chi connectivity index (χ2n) is 5.48. The quantitative estimate of drug-likeness (QED) is 0.918. The zero-order valence-corrected chi connectivity index (χ0v) is 13.2.